The van der Waals surface area contributed by atoms with Crippen LogP contribution in [0.2, 0.25) is 0 Å². The molecule has 5 rings (SSSR count). The van der Waals surface area contributed by atoms with E-state index in [0.29, 0.717) is 5.69 Å². The highest BCUT2D eigenvalue weighted by molar-refractivity contribution is 7.21. The maximum atomic E-state index is 11.1. The Morgan fingerprint density at radius 1 is 0.821 bits per heavy atom. The number of non-ortho nitro benzene ring substituents is 1. The van der Waals surface area contributed by atoms with Crippen LogP contribution in [0.4, 0.5) is 5.69 Å². The molecule has 2 heterocycles. The van der Waals surface area contributed by atoms with Crippen LogP contribution in [0.15, 0.2) is 78.9 Å². The van der Waals surface area contributed by atoms with Crippen molar-refractivity contribution in [1.29, 1.82) is 0 Å². The van der Waals surface area contributed by atoms with E-state index >= 15 is 0 Å². The highest BCUT2D eigenvalue weighted by Crippen LogP contribution is 2.35. The molecule has 0 radical (unpaired) electrons. The molecule has 0 aliphatic heterocycles. The minimum absolute atomic E-state index is 0.0580. The Labute approximate surface area is 164 Å². The van der Waals surface area contributed by atoms with Gasteiger partial charge in [0.05, 0.1) is 26.4 Å². The third-order valence-corrected chi connectivity index (χ3v) is 5.68. The van der Waals surface area contributed by atoms with Gasteiger partial charge in [0.25, 0.3) is 5.69 Å². The zero-order valence-corrected chi connectivity index (χ0v) is 15.4. The number of pyridine rings is 1. The van der Waals surface area contributed by atoms with Gasteiger partial charge in [-0.25, -0.2) is 9.97 Å². The number of aromatic nitrogens is 2. The maximum absolute atomic E-state index is 11.1. The Morgan fingerprint density at radius 3 is 2.50 bits per heavy atom. The second-order valence-electron chi connectivity index (χ2n) is 6.36. The van der Waals surface area contributed by atoms with Crippen LogP contribution in [0.25, 0.3) is 42.9 Å². The lowest BCUT2D eigenvalue weighted by Gasteiger charge is -2.06. The fourth-order valence-corrected chi connectivity index (χ4v) is 4.27. The summed E-state index contributed by atoms with van der Waals surface area (Å²) in [5, 5.41) is 13.0. The Hall–Kier alpha value is -3.64. The molecule has 0 saturated carbocycles. The number of hydrogen-bond donors (Lipinski definition) is 0. The number of nitro groups is 1. The fourth-order valence-electron chi connectivity index (χ4n) is 3.27. The summed E-state index contributed by atoms with van der Waals surface area (Å²) in [6.45, 7) is 0. The smallest absolute Gasteiger partial charge is 0.258 e. The van der Waals surface area contributed by atoms with Gasteiger partial charge in [0.2, 0.25) is 0 Å². The number of fused-ring (bicyclic) bond motifs is 2. The minimum Gasteiger partial charge on any atom is -0.258 e. The van der Waals surface area contributed by atoms with Crippen molar-refractivity contribution in [2.75, 3.05) is 0 Å². The topological polar surface area (TPSA) is 68.9 Å². The summed E-state index contributed by atoms with van der Waals surface area (Å²) in [5.41, 5.74) is 4.35. The first-order chi connectivity index (χ1) is 13.7. The van der Waals surface area contributed by atoms with E-state index in [1.165, 1.54) is 6.07 Å². The molecule has 28 heavy (non-hydrogen) atoms. The highest BCUT2D eigenvalue weighted by Gasteiger charge is 2.12. The summed E-state index contributed by atoms with van der Waals surface area (Å²) in [4.78, 5) is 20.2. The van der Waals surface area contributed by atoms with Crippen LogP contribution in [0.1, 0.15) is 0 Å². The zero-order valence-electron chi connectivity index (χ0n) is 14.6. The van der Waals surface area contributed by atoms with Crippen molar-refractivity contribution in [3.05, 3.63) is 89.0 Å². The van der Waals surface area contributed by atoms with Gasteiger partial charge in [0.15, 0.2) is 0 Å². The summed E-state index contributed by atoms with van der Waals surface area (Å²) in [6, 6.07) is 24.5. The molecule has 0 spiro atoms. The molecule has 5 aromatic rings. The number of nitro benzene ring substituents is 1. The first-order valence-corrected chi connectivity index (χ1v) is 9.51. The summed E-state index contributed by atoms with van der Waals surface area (Å²) in [7, 11) is 0. The second-order valence-corrected chi connectivity index (χ2v) is 7.39. The SMILES string of the molecule is O=[N+]([O-])c1cccc(-c2ccc3c(-c4nc5ccccc5s4)cccc3n2)c1. The quantitative estimate of drug-likeness (QED) is 0.279. The van der Waals surface area contributed by atoms with Gasteiger partial charge in [-0.1, -0.05) is 36.4 Å². The summed E-state index contributed by atoms with van der Waals surface area (Å²) < 4.78 is 1.15. The molecule has 0 aliphatic rings. The number of thiazole rings is 1. The molecule has 3 aromatic carbocycles. The fraction of sp³-hybridized carbons (Fsp3) is 0. The normalized spacial score (nSPS) is 11.1. The van der Waals surface area contributed by atoms with Crippen molar-refractivity contribution >= 4 is 38.1 Å². The number of para-hydroxylation sites is 1. The molecule has 2 aromatic heterocycles. The Bertz CT molecular complexity index is 1330. The molecule has 0 amide bonds. The van der Waals surface area contributed by atoms with Crippen molar-refractivity contribution in [3.63, 3.8) is 0 Å². The van der Waals surface area contributed by atoms with E-state index in [1.54, 1.807) is 23.5 Å². The van der Waals surface area contributed by atoms with Crippen LogP contribution in [-0.2, 0) is 0 Å². The monoisotopic (exact) mass is 383 g/mol. The van der Waals surface area contributed by atoms with E-state index in [0.717, 1.165) is 37.3 Å². The largest absolute Gasteiger partial charge is 0.270 e. The molecule has 0 bridgehead atoms. The van der Waals surface area contributed by atoms with E-state index in [9.17, 15) is 10.1 Å². The summed E-state index contributed by atoms with van der Waals surface area (Å²) >= 11 is 1.66. The van der Waals surface area contributed by atoms with Crippen molar-refractivity contribution in [2.24, 2.45) is 0 Å². The van der Waals surface area contributed by atoms with Gasteiger partial charge in [-0.05, 0) is 30.3 Å². The van der Waals surface area contributed by atoms with E-state index in [-0.39, 0.29) is 5.69 Å². The lowest BCUT2D eigenvalue weighted by atomic mass is 10.1. The standard InChI is InChI=1S/C22H13N3O2S/c26-25(27)15-6-3-5-14(13-15)18-12-11-16-17(7-4-9-19(16)23-18)22-24-20-8-1-2-10-21(20)28-22/h1-13H. The van der Waals surface area contributed by atoms with E-state index in [1.807, 2.05) is 48.5 Å². The van der Waals surface area contributed by atoms with Gasteiger partial charge < -0.3 is 0 Å². The second kappa shape index (κ2) is 6.51. The van der Waals surface area contributed by atoms with Crippen molar-refractivity contribution in [1.82, 2.24) is 9.97 Å². The predicted octanol–water partition coefficient (Wildman–Crippen LogP) is 6.09. The molecular weight excluding hydrogens is 370 g/mol. The average Bonchev–Trinajstić information content (AvgIpc) is 3.17. The third kappa shape index (κ3) is 2.80. The molecule has 0 N–H and O–H groups in total. The molecule has 0 saturated heterocycles. The van der Waals surface area contributed by atoms with Gasteiger partial charge in [-0.2, -0.15) is 0 Å². The summed E-state index contributed by atoms with van der Waals surface area (Å²) in [6.07, 6.45) is 0. The maximum Gasteiger partial charge on any atom is 0.270 e. The minimum atomic E-state index is -0.393. The molecule has 0 atom stereocenters. The number of nitrogens with zero attached hydrogens (tertiary/aromatic N) is 3. The van der Waals surface area contributed by atoms with E-state index in [2.05, 4.69) is 12.1 Å². The molecule has 0 unspecified atom stereocenters. The Balaban J connectivity index is 1.64. The van der Waals surface area contributed by atoms with Crippen molar-refractivity contribution < 1.29 is 4.92 Å². The number of rotatable bonds is 3. The Kier molecular flexibility index (Phi) is 3.84. The van der Waals surface area contributed by atoms with Crippen LogP contribution >= 0.6 is 11.3 Å². The third-order valence-electron chi connectivity index (χ3n) is 4.61. The van der Waals surface area contributed by atoms with Gasteiger partial charge in [0, 0.05) is 28.6 Å². The molecule has 5 nitrogen and oxygen atoms in total. The van der Waals surface area contributed by atoms with Crippen LogP contribution in [0.3, 0.4) is 0 Å². The van der Waals surface area contributed by atoms with Gasteiger partial charge in [-0.15, -0.1) is 11.3 Å². The Morgan fingerprint density at radius 2 is 1.64 bits per heavy atom. The molecule has 0 aliphatic carbocycles. The van der Waals surface area contributed by atoms with Crippen molar-refractivity contribution in [2.45, 2.75) is 0 Å². The summed E-state index contributed by atoms with van der Waals surface area (Å²) in [5.74, 6) is 0. The van der Waals surface area contributed by atoms with Gasteiger partial charge in [-0.3, -0.25) is 10.1 Å². The van der Waals surface area contributed by atoms with Crippen LogP contribution in [0.5, 0.6) is 0 Å². The van der Waals surface area contributed by atoms with E-state index in [4.69, 9.17) is 9.97 Å². The first-order valence-electron chi connectivity index (χ1n) is 8.69. The number of benzene rings is 3. The average molecular weight is 383 g/mol. The van der Waals surface area contributed by atoms with Gasteiger partial charge in [0.1, 0.15) is 5.01 Å². The molecule has 0 fully saturated rings. The van der Waals surface area contributed by atoms with Crippen LogP contribution in [0, 0.1) is 10.1 Å². The van der Waals surface area contributed by atoms with E-state index < -0.39 is 4.92 Å². The molecule has 134 valence electrons. The first kappa shape index (κ1) is 16.5. The molecule has 6 heteroatoms. The van der Waals surface area contributed by atoms with Crippen LogP contribution < -0.4 is 0 Å². The zero-order chi connectivity index (χ0) is 19.1. The van der Waals surface area contributed by atoms with Gasteiger partial charge >= 0.3 is 0 Å². The lowest BCUT2D eigenvalue weighted by molar-refractivity contribution is -0.384. The number of hydrogen-bond acceptors (Lipinski definition) is 5. The van der Waals surface area contributed by atoms with Crippen LogP contribution in [-0.4, -0.2) is 14.9 Å². The van der Waals surface area contributed by atoms with Crippen molar-refractivity contribution in [3.8, 4) is 21.8 Å². The molecular formula is C22H13N3O2S. The highest BCUT2D eigenvalue weighted by atomic mass is 32.1. The lowest BCUT2D eigenvalue weighted by Crippen LogP contribution is -1.90. The predicted molar refractivity (Wildman–Crippen MR) is 112 cm³/mol.